The predicted octanol–water partition coefficient (Wildman–Crippen LogP) is 7.66. The molecule has 0 bridgehead atoms. The van der Waals surface area contributed by atoms with Crippen LogP contribution in [0, 0.1) is 0 Å². The van der Waals surface area contributed by atoms with Gasteiger partial charge >= 0.3 is 0 Å². The van der Waals surface area contributed by atoms with Crippen LogP contribution in [0.1, 0.15) is 32.3 Å². The Balaban J connectivity index is 1.48. The highest BCUT2D eigenvalue weighted by Gasteiger charge is 2.18. The van der Waals surface area contributed by atoms with Crippen LogP contribution in [-0.2, 0) is 4.79 Å². The number of anilines is 1. The lowest BCUT2D eigenvalue weighted by atomic mass is 10.0. The zero-order valence-electron chi connectivity index (χ0n) is 18.7. The number of benzene rings is 3. The van der Waals surface area contributed by atoms with Gasteiger partial charge < -0.3 is 10.1 Å². The van der Waals surface area contributed by atoms with Crippen LogP contribution in [0.5, 0.6) is 5.75 Å². The molecule has 1 N–H and O–H groups in total. The number of para-hydroxylation sites is 1. The molecular formula is C27H25ClN2O2S. The summed E-state index contributed by atoms with van der Waals surface area (Å²) in [5.41, 5.74) is 4.43. The van der Waals surface area contributed by atoms with Gasteiger partial charge in [0.2, 0.25) is 0 Å². The summed E-state index contributed by atoms with van der Waals surface area (Å²) in [6, 6.07) is 23.1. The van der Waals surface area contributed by atoms with E-state index in [1.165, 1.54) is 11.3 Å². The average molecular weight is 477 g/mol. The number of nitrogens with one attached hydrogen (secondary N) is 1. The number of carbonyl (C=O) groups is 1. The van der Waals surface area contributed by atoms with Crippen molar-refractivity contribution < 1.29 is 9.53 Å². The van der Waals surface area contributed by atoms with Crippen LogP contribution in [0.2, 0.25) is 5.02 Å². The van der Waals surface area contributed by atoms with E-state index in [-0.39, 0.29) is 5.91 Å². The number of carbonyl (C=O) groups excluding carboxylic acids is 1. The monoisotopic (exact) mass is 476 g/mol. The first kappa shape index (κ1) is 23.0. The maximum atomic E-state index is 12.8. The normalized spacial score (nSPS) is 11.9. The van der Waals surface area contributed by atoms with E-state index in [1.807, 2.05) is 78.2 Å². The van der Waals surface area contributed by atoms with E-state index < -0.39 is 6.10 Å². The molecule has 1 unspecified atom stereocenters. The van der Waals surface area contributed by atoms with Crippen LogP contribution in [-0.4, -0.2) is 17.0 Å². The zero-order valence-corrected chi connectivity index (χ0v) is 20.3. The van der Waals surface area contributed by atoms with E-state index in [9.17, 15) is 4.79 Å². The summed E-state index contributed by atoms with van der Waals surface area (Å²) in [7, 11) is 0. The minimum Gasteiger partial charge on any atom is -0.481 e. The highest BCUT2D eigenvalue weighted by molar-refractivity contribution is 7.13. The molecule has 168 valence electrons. The molecule has 0 spiro atoms. The first-order chi connectivity index (χ1) is 15.9. The Labute approximate surface area is 203 Å². The van der Waals surface area contributed by atoms with Crippen molar-refractivity contribution in [2.45, 2.75) is 32.8 Å². The lowest BCUT2D eigenvalue weighted by Crippen LogP contribution is -2.30. The van der Waals surface area contributed by atoms with Gasteiger partial charge in [0, 0.05) is 22.2 Å². The van der Waals surface area contributed by atoms with Crippen LogP contribution >= 0.6 is 22.9 Å². The number of hydrogen-bond donors (Lipinski definition) is 1. The highest BCUT2D eigenvalue weighted by atomic mass is 35.5. The van der Waals surface area contributed by atoms with E-state index >= 15 is 0 Å². The van der Waals surface area contributed by atoms with Crippen molar-refractivity contribution in [1.82, 2.24) is 4.98 Å². The van der Waals surface area contributed by atoms with Crippen LogP contribution in [0.4, 0.5) is 5.69 Å². The SMILES string of the molecule is CC(Oc1ccccc1C(C)C)C(=O)Nc1cccc(-c2csc(-c3ccccc3Cl)n2)c1. The fourth-order valence-electron chi connectivity index (χ4n) is 3.47. The number of thiazole rings is 1. The number of ether oxygens (including phenoxy) is 1. The second kappa shape index (κ2) is 10.2. The Kier molecular flexibility index (Phi) is 7.11. The average Bonchev–Trinajstić information content (AvgIpc) is 3.30. The molecule has 0 aliphatic heterocycles. The molecule has 1 aromatic heterocycles. The Bertz CT molecular complexity index is 1270. The lowest BCUT2D eigenvalue weighted by molar-refractivity contribution is -0.122. The van der Waals surface area contributed by atoms with E-state index in [2.05, 4.69) is 19.2 Å². The molecule has 1 amide bonds. The standard InChI is InChI=1S/C27H25ClN2O2S/c1-17(2)21-11-5-7-14-25(21)32-18(3)26(31)29-20-10-8-9-19(15-20)24-16-33-27(30-24)22-12-4-6-13-23(22)28/h4-18H,1-3H3,(H,29,31). The van der Waals surface area contributed by atoms with E-state index in [4.69, 9.17) is 21.3 Å². The summed E-state index contributed by atoms with van der Waals surface area (Å²) < 4.78 is 5.98. The van der Waals surface area contributed by atoms with Gasteiger partial charge in [0.05, 0.1) is 10.7 Å². The van der Waals surface area contributed by atoms with Crippen molar-refractivity contribution >= 4 is 34.5 Å². The number of hydrogen-bond acceptors (Lipinski definition) is 4. The molecule has 0 fully saturated rings. The molecule has 4 rings (SSSR count). The molecule has 3 aromatic carbocycles. The second-order valence-corrected chi connectivity index (χ2v) is 9.31. The molecule has 0 saturated heterocycles. The third kappa shape index (κ3) is 5.44. The van der Waals surface area contributed by atoms with Crippen LogP contribution in [0.15, 0.2) is 78.2 Å². The molecular weight excluding hydrogens is 452 g/mol. The topological polar surface area (TPSA) is 51.2 Å². The van der Waals surface area contributed by atoms with Gasteiger partial charge in [-0.25, -0.2) is 4.98 Å². The summed E-state index contributed by atoms with van der Waals surface area (Å²) in [4.78, 5) is 17.6. The molecule has 4 aromatic rings. The molecule has 0 saturated carbocycles. The molecule has 0 radical (unpaired) electrons. The molecule has 1 atom stereocenters. The van der Waals surface area contributed by atoms with E-state index in [0.717, 1.165) is 33.1 Å². The van der Waals surface area contributed by atoms with E-state index in [1.54, 1.807) is 6.92 Å². The van der Waals surface area contributed by atoms with E-state index in [0.29, 0.717) is 16.6 Å². The third-order valence-corrected chi connectivity index (χ3v) is 6.45. The van der Waals surface area contributed by atoms with Gasteiger partial charge in [0.1, 0.15) is 10.8 Å². The van der Waals surface area contributed by atoms with Gasteiger partial charge in [0.15, 0.2) is 6.10 Å². The number of amides is 1. The lowest BCUT2D eigenvalue weighted by Gasteiger charge is -2.18. The summed E-state index contributed by atoms with van der Waals surface area (Å²) >= 11 is 7.86. The predicted molar refractivity (Wildman–Crippen MR) is 137 cm³/mol. The van der Waals surface area contributed by atoms with Gasteiger partial charge in [-0.3, -0.25) is 4.79 Å². The minimum atomic E-state index is -0.639. The van der Waals surface area contributed by atoms with Crippen LogP contribution < -0.4 is 10.1 Å². The number of nitrogens with zero attached hydrogens (tertiary/aromatic N) is 1. The molecule has 1 heterocycles. The summed E-state index contributed by atoms with van der Waals surface area (Å²) in [6.07, 6.45) is -0.639. The van der Waals surface area contributed by atoms with Crippen LogP contribution in [0.25, 0.3) is 21.8 Å². The second-order valence-electron chi connectivity index (χ2n) is 8.04. The van der Waals surface area contributed by atoms with Gasteiger partial charge in [-0.1, -0.05) is 74.0 Å². The molecule has 33 heavy (non-hydrogen) atoms. The van der Waals surface area contributed by atoms with Gasteiger partial charge in [0.25, 0.3) is 5.91 Å². The molecule has 6 heteroatoms. The molecule has 0 aliphatic carbocycles. The van der Waals surface area contributed by atoms with Gasteiger partial charge in [-0.15, -0.1) is 11.3 Å². The third-order valence-electron chi connectivity index (χ3n) is 5.25. The Morgan fingerprint density at radius 2 is 1.76 bits per heavy atom. The van der Waals surface area contributed by atoms with Crippen molar-refractivity contribution in [3.8, 4) is 27.6 Å². The maximum absolute atomic E-state index is 12.8. The first-order valence-corrected chi connectivity index (χ1v) is 12.1. The van der Waals surface area contributed by atoms with Crippen molar-refractivity contribution in [2.24, 2.45) is 0 Å². The summed E-state index contributed by atoms with van der Waals surface area (Å²) in [6.45, 7) is 5.97. The molecule has 0 aliphatic rings. The first-order valence-electron chi connectivity index (χ1n) is 10.8. The Morgan fingerprint density at radius 3 is 2.55 bits per heavy atom. The fraction of sp³-hybridized carbons (Fsp3) is 0.185. The summed E-state index contributed by atoms with van der Waals surface area (Å²) in [5.74, 6) is 0.834. The minimum absolute atomic E-state index is 0.208. The smallest absolute Gasteiger partial charge is 0.265 e. The van der Waals surface area contributed by atoms with Crippen molar-refractivity contribution in [1.29, 1.82) is 0 Å². The van der Waals surface area contributed by atoms with Crippen molar-refractivity contribution in [3.05, 3.63) is 88.8 Å². The van der Waals surface area contributed by atoms with Gasteiger partial charge in [-0.05, 0) is 42.7 Å². The van der Waals surface area contributed by atoms with Gasteiger partial charge in [-0.2, -0.15) is 0 Å². The Hall–Kier alpha value is -3.15. The number of rotatable bonds is 7. The summed E-state index contributed by atoms with van der Waals surface area (Å²) in [5, 5.41) is 6.48. The fourth-order valence-corrected chi connectivity index (χ4v) is 4.62. The number of aromatic nitrogens is 1. The Morgan fingerprint density at radius 1 is 1.00 bits per heavy atom. The van der Waals surface area contributed by atoms with Crippen LogP contribution in [0.3, 0.4) is 0 Å². The highest BCUT2D eigenvalue weighted by Crippen LogP contribution is 2.33. The maximum Gasteiger partial charge on any atom is 0.265 e. The van der Waals surface area contributed by atoms with Crippen molar-refractivity contribution in [3.63, 3.8) is 0 Å². The largest absolute Gasteiger partial charge is 0.481 e. The van der Waals surface area contributed by atoms with Crippen molar-refractivity contribution in [2.75, 3.05) is 5.32 Å². The quantitative estimate of drug-likeness (QED) is 0.298. The zero-order chi connectivity index (χ0) is 23.4. The molecule has 4 nitrogen and oxygen atoms in total. The number of halogens is 1.